The van der Waals surface area contributed by atoms with Crippen molar-refractivity contribution in [1.29, 1.82) is 0 Å². The minimum Gasteiger partial charge on any atom is -0.479 e. The van der Waals surface area contributed by atoms with Crippen LogP contribution in [0.15, 0.2) is 47.1 Å². The number of alkyl halides is 1. The van der Waals surface area contributed by atoms with Gasteiger partial charge in [0, 0.05) is 13.0 Å². The van der Waals surface area contributed by atoms with Gasteiger partial charge >= 0.3 is 11.9 Å². The van der Waals surface area contributed by atoms with Crippen molar-refractivity contribution < 1.29 is 83.0 Å². The normalized spacial score (nSPS) is 23.7. The number of aliphatic hydroxyl groups is 4. The number of halogens is 1. The third kappa shape index (κ3) is 26.9. The molecule has 9 amide bonds. The number of esters is 1. The Balaban J connectivity index is 2.85. The first-order valence-electron chi connectivity index (χ1n) is 28.0. The maximum absolute atomic E-state index is 14.4. The second-order valence-electron chi connectivity index (χ2n) is 19.9. The number of cyclic esters (lactones) is 1. The number of nitrogens with one attached hydrogen (secondary N) is 9. The minimum atomic E-state index is -2.81. The molecule has 31 nitrogen and oxygen atoms in total. The number of aliphatic hydroxyl groups excluding tert-OH is 4. The van der Waals surface area contributed by atoms with Crippen molar-refractivity contribution in [2.75, 3.05) is 38.7 Å². The van der Waals surface area contributed by atoms with E-state index in [1.165, 1.54) is 6.92 Å². The molecule has 0 spiro atoms. The number of carboxylic acids is 1. The number of carbonyl (C=O) groups excluding carboxylic acids is 10. The lowest BCUT2D eigenvalue weighted by Gasteiger charge is -2.28. The first-order valence-corrected chi connectivity index (χ1v) is 28.5. The van der Waals surface area contributed by atoms with Crippen LogP contribution in [0.5, 0.6) is 0 Å². The summed E-state index contributed by atoms with van der Waals surface area (Å²) in [7, 11) is 0. The van der Waals surface area contributed by atoms with Crippen LogP contribution in [0.2, 0.25) is 0 Å². The smallest absolute Gasteiger partial charge is 0.335 e. The molecule has 1 fully saturated rings. The molecule has 11 atom stereocenters. The second-order valence-corrected chi connectivity index (χ2v) is 20.2. The van der Waals surface area contributed by atoms with Crippen molar-refractivity contribution in [3.63, 3.8) is 0 Å². The molecule has 1 heterocycles. The van der Waals surface area contributed by atoms with Crippen LogP contribution in [0.4, 0.5) is 0 Å². The summed E-state index contributed by atoms with van der Waals surface area (Å²) in [4.78, 5) is 156. The number of ether oxygens (including phenoxy) is 1. The molecular formula is C53H85ClN14O17. The summed E-state index contributed by atoms with van der Waals surface area (Å²) in [5.74, 6) is -15.6. The zero-order valence-electron chi connectivity index (χ0n) is 47.7. The summed E-state index contributed by atoms with van der Waals surface area (Å²) >= 11 is 5.89. The molecule has 1 aliphatic rings. The number of guanidine groups is 1. The quantitative estimate of drug-likeness (QED) is 0.0103. The number of nitrogens with two attached hydrogens (primary N) is 4. The van der Waals surface area contributed by atoms with Crippen LogP contribution in [0, 0.1) is 0 Å². The number of nitrogens with zero attached hydrogens (tertiary/aromatic N) is 1. The van der Waals surface area contributed by atoms with E-state index in [1.807, 2.05) is 10.6 Å². The number of hydrogen-bond donors (Lipinski definition) is 18. The highest BCUT2D eigenvalue weighted by atomic mass is 35.5. The monoisotopic (exact) mass is 1220 g/mol. The van der Waals surface area contributed by atoms with Crippen molar-refractivity contribution in [2.24, 2.45) is 27.9 Å². The van der Waals surface area contributed by atoms with Gasteiger partial charge in [-0.15, -0.1) is 11.6 Å². The first kappa shape index (κ1) is 73.6. The molecule has 1 aromatic rings. The van der Waals surface area contributed by atoms with Crippen LogP contribution in [-0.4, -0.2) is 202 Å². The molecule has 2 rings (SSSR count). The molecule has 0 bridgehead atoms. The van der Waals surface area contributed by atoms with Gasteiger partial charge in [-0.05, 0) is 57.2 Å². The topological polar surface area (TPSA) is 523 Å². The number of carboxylic acid groups (broad SMARTS) is 1. The SMILES string of the molecule is CC/C=C1\NC(=O)[C@@H](Cc2ccccc2)NC(=O)[C@H](CCCN=C(N)N)NC(=O)[C@H](CCN)NC(=O)[C@@H](CCN)NC(=O)[C@H](CO)NC(=O)[C@@H](NC(=O)CC(O)CCCCCCCC)COC(=O)[C@H]([C@H](O)CCl)NC(=O)[C@@H](C(O)C(=O)O)NC1=O. The number of aliphatic imine (C=N–C) groups is 1. The zero-order valence-corrected chi connectivity index (χ0v) is 48.5. The molecule has 1 saturated heterocycles. The Morgan fingerprint density at radius 3 is 1.80 bits per heavy atom. The van der Waals surface area contributed by atoms with Crippen LogP contribution >= 0.6 is 11.6 Å². The molecule has 0 radical (unpaired) electrons. The fourth-order valence-corrected chi connectivity index (χ4v) is 8.52. The van der Waals surface area contributed by atoms with E-state index in [0.29, 0.717) is 12.0 Å². The largest absolute Gasteiger partial charge is 0.479 e. The summed E-state index contributed by atoms with van der Waals surface area (Å²) < 4.78 is 5.28. The van der Waals surface area contributed by atoms with E-state index in [9.17, 15) is 78.3 Å². The maximum atomic E-state index is 14.4. The van der Waals surface area contributed by atoms with Crippen LogP contribution in [0.25, 0.3) is 0 Å². The average molecular weight is 1230 g/mol. The molecule has 0 aromatic heterocycles. The highest BCUT2D eigenvalue weighted by Gasteiger charge is 2.40. The summed E-state index contributed by atoms with van der Waals surface area (Å²) in [6.45, 7) is 0.672. The number of benzene rings is 1. The Morgan fingerprint density at radius 2 is 1.26 bits per heavy atom. The Hall–Kier alpha value is -7.55. The number of carbonyl (C=O) groups is 11. The molecular weight excluding hydrogens is 1140 g/mol. The molecule has 0 saturated carbocycles. The van der Waals surface area contributed by atoms with Gasteiger partial charge in [-0.25, -0.2) is 9.59 Å². The van der Waals surface area contributed by atoms with Gasteiger partial charge in [-0.2, -0.15) is 0 Å². The van der Waals surface area contributed by atoms with E-state index in [-0.39, 0.29) is 70.5 Å². The summed E-state index contributed by atoms with van der Waals surface area (Å²) in [5, 5.41) is 73.4. The lowest BCUT2D eigenvalue weighted by Crippen LogP contribution is -2.62. The summed E-state index contributed by atoms with van der Waals surface area (Å²) in [6.07, 6.45) is -1.24. The van der Waals surface area contributed by atoms with Gasteiger partial charge in [0.2, 0.25) is 47.3 Å². The average Bonchev–Trinajstić information content (AvgIpc) is 3.59. The van der Waals surface area contributed by atoms with E-state index in [4.69, 9.17) is 39.3 Å². The lowest BCUT2D eigenvalue weighted by atomic mass is 10.0. The van der Waals surface area contributed by atoms with Gasteiger partial charge in [0.05, 0.1) is 31.1 Å². The van der Waals surface area contributed by atoms with Gasteiger partial charge in [0.15, 0.2) is 18.1 Å². The van der Waals surface area contributed by atoms with Crippen LogP contribution in [-0.2, 0) is 63.9 Å². The van der Waals surface area contributed by atoms with Crippen molar-refractivity contribution in [1.82, 2.24) is 47.9 Å². The first-order chi connectivity index (χ1) is 40.4. The summed E-state index contributed by atoms with van der Waals surface area (Å²) in [6, 6.07) is -6.91. The van der Waals surface area contributed by atoms with Crippen molar-refractivity contribution in [3.05, 3.63) is 47.7 Å². The highest BCUT2D eigenvalue weighted by Crippen LogP contribution is 2.13. The Bertz CT molecular complexity index is 2440. The lowest BCUT2D eigenvalue weighted by molar-refractivity contribution is -0.155. The van der Waals surface area contributed by atoms with Crippen LogP contribution in [0.1, 0.15) is 103 Å². The molecule has 1 aliphatic heterocycles. The van der Waals surface area contributed by atoms with Gasteiger partial charge in [0.25, 0.3) is 5.91 Å². The minimum absolute atomic E-state index is 0.0173. The van der Waals surface area contributed by atoms with Crippen LogP contribution < -0.4 is 70.8 Å². The Kier molecular flexibility index (Phi) is 34.5. The van der Waals surface area contributed by atoms with E-state index in [1.54, 1.807) is 30.3 Å². The van der Waals surface area contributed by atoms with Crippen LogP contribution in [0.3, 0.4) is 0 Å². The fourth-order valence-electron chi connectivity index (χ4n) is 8.34. The Morgan fingerprint density at radius 1 is 0.706 bits per heavy atom. The maximum Gasteiger partial charge on any atom is 0.335 e. The fraction of sp³-hybridized carbons (Fsp3) is 0.623. The van der Waals surface area contributed by atoms with Crippen molar-refractivity contribution >= 4 is 82.7 Å². The molecule has 2 unspecified atom stereocenters. The van der Waals surface area contributed by atoms with E-state index in [2.05, 4.69) is 49.1 Å². The number of amides is 9. The van der Waals surface area contributed by atoms with Crippen molar-refractivity contribution in [2.45, 2.75) is 170 Å². The molecule has 0 aliphatic carbocycles. The number of hydrogen-bond acceptors (Lipinski definition) is 19. The van der Waals surface area contributed by atoms with Gasteiger partial charge in [-0.3, -0.25) is 48.1 Å². The molecule has 1 aromatic carbocycles. The number of allylic oxidation sites excluding steroid dienone is 1. The molecule has 476 valence electrons. The number of unbranched alkanes of at least 4 members (excludes halogenated alkanes) is 5. The van der Waals surface area contributed by atoms with E-state index >= 15 is 0 Å². The van der Waals surface area contributed by atoms with Crippen molar-refractivity contribution in [3.8, 4) is 0 Å². The second kappa shape index (κ2) is 39.9. The van der Waals surface area contributed by atoms with E-state index in [0.717, 1.165) is 38.2 Å². The van der Waals surface area contributed by atoms with Gasteiger partial charge in [-0.1, -0.05) is 88.8 Å². The molecule has 32 heteroatoms. The predicted octanol–water partition coefficient (Wildman–Crippen LogP) is -5.64. The van der Waals surface area contributed by atoms with E-state index < -0.39 is 163 Å². The third-order valence-electron chi connectivity index (χ3n) is 13.0. The molecule has 22 N–H and O–H groups in total. The third-order valence-corrected chi connectivity index (χ3v) is 13.3. The zero-order chi connectivity index (χ0) is 63.6. The van der Waals surface area contributed by atoms with Gasteiger partial charge < -0.3 is 101 Å². The number of aliphatic carboxylic acids is 1. The molecule has 85 heavy (non-hydrogen) atoms. The highest BCUT2D eigenvalue weighted by molar-refractivity contribution is 6.18. The Labute approximate surface area is 496 Å². The standard InChI is InChI=1S/C53H85ClN14O17/c1-3-5-6-7-8-12-17-30(70)25-39(72)60-37-28-85-52(84)40(38(71)26-54)67-50(81)41(42(73)51(82)83)68-46(77)31(14-4-2)61-47(78)35(24-29-15-10-9-11-16-29)65-43(74)32(18-13-23-59-53(57)58)62-44(75)33(19-21-55)63-45(76)34(20-22-56)64-48(79)36(27-69)66-49(37)80/h9-11,14-16,30,32-38,40-42,69-71,73H,3-8,12-13,17-28,55-56H2,1-2H3,(H,60,72)(H,61,78)(H,62,75)(H,63,76)(H,64,79)(H,65,74)(H,66,80)(H,67,81)(H,68,77)(H,82,83)(H4,57,58,59)/b31-14-/t30?,32-,33-,34+,35+,36-,37-,38+,40-,41+,42?/m0/s1. The van der Waals surface area contributed by atoms with Gasteiger partial charge in [0.1, 0.15) is 54.6 Å². The predicted molar refractivity (Wildman–Crippen MR) is 306 cm³/mol. The summed E-state index contributed by atoms with van der Waals surface area (Å²) in [5.41, 5.74) is 22.5. The number of rotatable bonds is 26.